The Labute approximate surface area is 183 Å². The van der Waals surface area contributed by atoms with Crippen molar-refractivity contribution < 1.29 is 22.7 Å². The minimum Gasteiger partial charge on any atom is -0.406 e. The van der Waals surface area contributed by atoms with Crippen molar-refractivity contribution in [1.29, 1.82) is 0 Å². The molecule has 158 valence electrons. The van der Waals surface area contributed by atoms with Crippen LogP contribution in [0.1, 0.15) is 29.3 Å². The monoisotopic (exact) mass is 522 g/mol. The highest BCUT2D eigenvalue weighted by Gasteiger charge is 2.30. The van der Waals surface area contributed by atoms with Gasteiger partial charge in [-0.1, -0.05) is 19.1 Å². The van der Waals surface area contributed by atoms with E-state index < -0.39 is 6.36 Å². The molecule has 0 fully saturated rings. The van der Waals surface area contributed by atoms with E-state index in [0.29, 0.717) is 17.8 Å². The fraction of sp³-hybridized carbons (Fsp3) is 0.263. The number of carbonyl (C=O) groups excluding carboxylic acids is 1. The zero-order chi connectivity index (χ0) is 20.6. The number of ether oxygens (including phenoxy) is 1. The van der Waals surface area contributed by atoms with Crippen LogP contribution in [0, 0.1) is 0 Å². The Balaban J connectivity index is 0.00000420. The molecule has 2 aromatic carbocycles. The highest BCUT2D eigenvalue weighted by molar-refractivity contribution is 14.0. The summed E-state index contributed by atoms with van der Waals surface area (Å²) in [7, 11) is 0. The zero-order valence-corrected chi connectivity index (χ0v) is 18.0. The molecule has 0 saturated carbocycles. The third-order valence-electron chi connectivity index (χ3n) is 3.52. The summed E-state index contributed by atoms with van der Waals surface area (Å²) in [6, 6.07) is 12.1. The molecule has 0 radical (unpaired) electrons. The van der Waals surface area contributed by atoms with Crippen molar-refractivity contribution in [2.45, 2.75) is 26.3 Å². The maximum Gasteiger partial charge on any atom is 0.573 e. The van der Waals surface area contributed by atoms with E-state index in [1.807, 2.05) is 13.0 Å². The molecule has 0 aliphatic carbocycles. The molecule has 10 heteroatoms. The number of nitrogens with zero attached hydrogens (tertiary/aromatic N) is 1. The maximum atomic E-state index is 12.2. The third-order valence-corrected chi connectivity index (χ3v) is 3.52. The van der Waals surface area contributed by atoms with Gasteiger partial charge in [0.05, 0.1) is 6.54 Å². The molecule has 0 atom stereocenters. The summed E-state index contributed by atoms with van der Waals surface area (Å²) >= 11 is 0. The second-order valence-electron chi connectivity index (χ2n) is 5.85. The molecule has 29 heavy (non-hydrogen) atoms. The Bertz CT molecular complexity index is 827. The van der Waals surface area contributed by atoms with Gasteiger partial charge in [-0.25, -0.2) is 4.99 Å². The van der Waals surface area contributed by atoms with Gasteiger partial charge in [0, 0.05) is 17.8 Å². The Morgan fingerprint density at radius 3 is 2.48 bits per heavy atom. The first-order valence-electron chi connectivity index (χ1n) is 8.56. The third kappa shape index (κ3) is 9.03. The predicted molar refractivity (Wildman–Crippen MR) is 117 cm³/mol. The van der Waals surface area contributed by atoms with Gasteiger partial charge in [0.25, 0.3) is 5.91 Å². The molecular formula is C19H22F3IN4O2. The smallest absolute Gasteiger partial charge is 0.406 e. The van der Waals surface area contributed by atoms with E-state index in [4.69, 9.17) is 5.73 Å². The normalized spacial score (nSPS) is 11.4. The van der Waals surface area contributed by atoms with Crippen LogP contribution in [0.4, 0.5) is 18.9 Å². The summed E-state index contributed by atoms with van der Waals surface area (Å²) in [6.07, 6.45) is -3.89. The largest absolute Gasteiger partial charge is 0.573 e. The van der Waals surface area contributed by atoms with Gasteiger partial charge in [0.1, 0.15) is 5.75 Å². The minimum atomic E-state index is -4.74. The lowest BCUT2D eigenvalue weighted by Crippen LogP contribution is -2.24. The van der Waals surface area contributed by atoms with Crippen LogP contribution in [0.2, 0.25) is 0 Å². The number of alkyl halides is 3. The van der Waals surface area contributed by atoms with E-state index in [9.17, 15) is 18.0 Å². The quantitative estimate of drug-likeness (QED) is 0.288. The van der Waals surface area contributed by atoms with Crippen molar-refractivity contribution in [3.63, 3.8) is 0 Å². The van der Waals surface area contributed by atoms with Crippen LogP contribution >= 0.6 is 24.0 Å². The van der Waals surface area contributed by atoms with Gasteiger partial charge in [0.2, 0.25) is 0 Å². The summed E-state index contributed by atoms with van der Waals surface area (Å²) in [5, 5.41) is 5.58. The van der Waals surface area contributed by atoms with Gasteiger partial charge in [-0.3, -0.25) is 4.79 Å². The van der Waals surface area contributed by atoms with Crippen LogP contribution in [0.15, 0.2) is 53.5 Å². The molecule has 0 saturated heterocycles. The van der Waals surface area contributed by atoms with Crippen LogP contribution < -0.4 is 21.1 Å². The number of nitrogens with one attached hydrogen (secondary N) is 2. The lowest BCUT2D eigenvalue weighted by Gasteiger charge is -2.10. The van der Waals surface area contributed by atoms with Crippen molar-refractivity contribution in [3.8, 4) is 5.75 Å². The standard InChI is InChI=1S/C19H21F3N4O2.HI/c1-2-10-24-17(27)14-5-3-4-13(11-14)12-25-18(23)26-15-6-8-16(9-7-15)28-19(20,21)22;/h3-9,11H,2,10,12H2,1H3,(H,24,27)(H3,23,25,26);1H. The number of amides is 1. The SMILES string of the molecule is CCCNC(=O)c1cccc(CN=C(N)Nc2ccc(OC(F)(F)F)cc2)c1.I. The Hall–Kier alpha value is -2.50. The number of benzene rings is 2. The van der Waals surface area contributed by atoms with E-state index in [-0.39, 0.29) is 48.1 Å². The summed E-state index contributed by atoms with van der Waals surface area (Å²) in [6.45, 7) is 2.81. The number of guanidine groups is 1. The molecule has 0 aliphatic heterocycles. The lowest BCUT2D eigenvalue weighted by atomic mass is 10.1. The molecule has 0 bridgehead atoms. The first-order chi connectivity index (χ1) is 13.3. The number of nitrogens with two attached hydrogens (primary N) is 1. The molecular weight excluding hydrogens is 500 g/mol. The van der Waals surface area contributed by atoms with E-state index >= 15 is 0 Å². The molecule has 0 heterocycles. The summed E-state index contributed by atoms with van der Waals surface area (Å²) in [5.74, 6) is -0.392. The topological polar surface area (TPSA) is 88.7 Å². The second kappa shape index (κ2) is 11.5. The van der Waals surface area contributed by atoms with Crippen molar-refractivity contribution in [2.24, 2.45) is 10.7 Å². The second-order valence-corrected chi connectivity index (χ2v) is 5.85. The van der Waals surface area contributed by atoms with Gasteiger partial charge in [-0.15, -0.1) is 37.1 Å². The van der Waals surface area contributed by atoms with Crippen LogP contribution in [0.25, 0.3) is 0 Å². The fourth-order valence-corrected chi connectivity index (χ4v) is 2.26. The summed E-state index contributed by atoms with van der Waals surface area (Å²) < 4.78 is 40.3. The Morgan fingerprint density at radius 2 is 1.86 bits per heavy atom. The molecule has 0 aromatic heterocycles. The van der Waals surface area contributed by atoms with Gasteiger partial charge >= 0.3 is 6.36 Å². The fourth-order valence-electron chi connectivity index (χ4n) is 2.26. The van der Waals surface area contributed by atoms with Crippen LogP contribution in [0.5, 0.6) is 5.75 Å². The number of hydrogen-bond acceptors (Lipinski definition) is 3. The highest BCUT2D eigenvalue weighted by Crippen LogP contribution is 2.23. The van der Waals surface area contributed by atoms with Crippen molar-refractivity contribution >= 4 is 41.5 Å². The molecule has 0 aliphatic rings. The summed E-state index contributed by atoms with van der Waals surface area (Å²) in [5.41, 5.74) is 7.60. The van der Waals surface area contributed by atoms with Crippen LogP contribution in [-0.4, -0.2) is 24.8 Å². The molecule has 2 aromatic rings. The van der Waals surface area contributed by atoms with Crippen LogP contribution in [0.3, 0.4) is 0 Å². The average molecular weight is 522 g/mol. The molecule has 1 amide bonds. The Morgan fingerprint density at radius 1 is 1.17 bits per heavy atom. The van der Waals surface area contributed by atoms with Gasteiger partial charge < -0.3 is 21.1 Å². The van der Waals surface area contributed by atoms with E-state index in [1.54, 1.807) is 18.2 Å². The number of anilines is 1. The number of aliphatic imine (C=N–C) groups is 1. The van der Waals surface area contributed by atoms with Gasteiger partial charge in [-0.2, -0.15) is 0 Å². The number of rotatable bonds is 7. The van der Waals surface area contributed by atoms with E-state index in [0.717, 1.165) is 12.0 Å². The first-order valence-corrected chi connectivity index (χ1v) is 8.56. The first kappa shape index (κ1) is 24.5. The molecule has 0 unspecified atom stereocenters. The van der Waals surface area contributed by atoms with Crippen molar-refractivity contribution in [1.82, 2.24) is 5.32 Å². The predicted octanol–water partition coefficient (Wildman–Crippen LogP) is 4.27. The zero-order valence-electron chi connectivity index (χ0n) is 15.6. The maximum absolute atomic E-state index is 12.2. The molecule has 0 spiro atoms. The van der Waals surface area contributed by atoms with Crippen molar-refractivity contribution in [3.05, 3.63) is 59.7 Å². The molecule has 4 N–H and O–H groups in total. The van der Waals surface area contributed by atoms with E-state index in [2.05, 4.69) is 20.4 Å². The van der Waals surface area contributed by atoms with Gasteiger partial charge in [-0.05, 0) is 48.4 Å². The number of carbonyl (C=O) groups is 1. The molecule has 2 rings (SSSR count). The van der Waals surface area contributed by atoms with Gasteiger partial charge in [0.15, 0.2) is 5.96 Å². The number of halogens is 4. The van der Waals surface area contributed by atoms with Crippen LogP contribution in [-0.2, 0) is 6.54 Å². The minimum absolute atomic E-state index is 0. The van der Waals surface area contributed by atoms with E-state index in [1.165, 1.54) is 24.3 Å². The highest BCUT2D eigenvalue weighted by atomic mass is 127. The van der Waals surface area contributed by atoms with Crippen molar-refractivity contribution in [2.75, 3.05) is 11.9 Å². The average Bonchev–Trinajstić information content (AvgIpc) is 2.65. The molecule has 6 nitrogen and oxygen atoms in total. The lowest BCUT2D eigenvalue weighted by molar-refractivity contribution is -0.274. The number of hydrogen-bond donors (Lipinski definition) is 3. The summed E-state index contributed by atoms with van der Waals surface area (Å²) in [4.78, 5) is 16.2. The Kier molecular flexibility index (Phi) is 9.72.